The summed E-state index contributed by atoms with van der Waals surface area (Å²) in [5.41, 5.74) is 1.39. The maximum Gasteiger partial charge on any atom is 0.272 e. The van der Waals surface area contributed by atoms with Gasteiger partial charge < -0.3 is 4.90 Å². The van der Waals surface area contributed by atoms with Crippen molar-refractivity contribution in [1.82, 2.24) is 14.9 Å². The normalized spacial score (nSPS) is 16.4. The Labute approximate surface area is 112 Å². The Balaban J connectivity index is 2.18. The SMILES string of the molecule is CSc1nc(C)cc(C(=O)N2CCCCCC2)n1. The average Bonchev–Trinajstić information content (AvgIpc) is 2.65. The average molecular weight is 265 g/mol. The molecule has 0 aromatic carbocycles. The first-order valence-corrected chi connectivity index (χ1v) is 7.62. The van der Waals surface area contributed by atoms with E-state index >= 15 is 0 Å². The van der Waals surface area contributed by atoms with Gasteiger partial charge in [0.1, 0.15) is 5.69 Å². The molecule has 2 rings (SSSR count). The predicted octanol–water partition coefficient (Wildman–Crippen LogP) is 2.52. The third-order valence-corrected chi connectivity index (χ3v) is 3.68. The molecule has 0 N–H and O–H groups in total. The molecule has 0 unspecified atom stereocenters. The van der Waals surface area contributed by atoms with E-state index in [1.165, 1.54) is 24.6 Å². The number of carbonyl (C=O) groups is 1. The molecule has 0 spiro atoms. The molecule has 1 saturated heterocycles. The molecule has 98 valence electrons. The fourth-order valence-electron chi connectivity index (χ4n) is 2.18. The molecule has 1 aliphatic rings. The Bertz CT molecular complexity index is 428. The molecule has 18 heavy (non-hydrogen) atoms. The Morgan fingerprint density at radius 3 is 2.50 bits per heavy atom. The summed E-state index contributed by atoms with van der Waals surface area (Å²) in [6, 6.07) is 1.78. The van der Waals surface area contributed by atoms with Gasteiger partial charge in [-0.25, -0.2) is 9.97 Å². The maximum absolute atomic E-state index is 12.4. The minimum atomic E-state index is 0.0534. The zero-order valence-corrected chi connectivity index (χ0v) is 11.8. The van der Waals surface area contributed by atoms with E-state index < -0.39 is 0 Å². The maximum atomic E-state index is 12.4. The summed E-state index contributed by atoms with van der Waals surface area (Å²) in [6.07, 6.45) is 6.58. The summed E-state index contributed by atoms with van der Waals surface area (Å²) in [4.78, 5) is 22.9. The molecule has 0 aliphatic carbocycles. The van der Waals surface area contributed by atoms with Crippen molar-refractivity contribution in [2.24, 2.45) is 0 Å². The molecule has 4 nitrogen and oxygen atoms in total. The first-order chi connectivity index (χ1) is 8.70. The van der Waals surface area contributed by atoms with E-state index in [0.717, 1.165) is 31.6 Å². The molecule has 5 heteroatoms. The largest absolute Gasteiger partial charge is 0.337 e. The number of aryl methyl sites for hydroxylation is 1. The van der Waals surface area contributed by atoms with Crippen LogP contribution in [0.25, 0.3) is 0 Å². The van der Waals surface area contributed by atoms with Crippen molar-refractivity contribution in [3.05, 3.63) is 17.5 Å². The van der Waals surface area contributed by atoms with Crippen LogP contribution in [0, 0.1) is 6.92 Å². The third kappa shape index (κ3) is 3.22. The van der Waals surface area contributed by atoms with Crippen LogP contribution in [0.15, 0.2) is 11.2 Å². The summed E-state index contributed by atoms with van der Waals surface area (Å²) < 4.78 is 0. The predicted molar refractivity (Wildman–Crippen MR) is 72.9 cm³/mol. The zero-order valence-electron chi connectivity index (χ0n) is 11.0. The number of thioether (sulfide) groups is 1. The van der Waals surface area contributed by atoms with Gasteiger partial charge in [0.25, 0.3) is 5.91 Å². The van der Waals surface area contributed by atoms with E-state index in [9.17, 15) is 4.79 Å². The fraction of sp³-hybridized carbons (Fsp3) is 0.615. The van der Waals surface area contributed by atoms with Crippen LogP contribution >= 0.6 is 11.8 Å². The number of likely N-dealkylation sites (tertiary alicyclic amines) is 1. The molecular weight excluding hydrogens is 246 g/mol. The summed E-state index contributed by atoms with van der Waals surface area (Å²) in [6.45, 7) is 3.62. The molecule has 2 heterocycles. The molecule has 1 aliphatic heterocycles. The van der Waals surface area contributed by atoms with Crippen LogP contribution in [0.3, 0.4) is 0 Å². The van der Waals surface area contributed by atoms with Crippen molar-refractivity contribution in [1.29, 1.82) is 0 Å². The lowest BCUT2D eigenvalue weighted by molar-refractivity contribution is 0.0754. The van der Waals surface area contributed by atoms with Gasteiger partial charge in [0.15, 0.2) is 5.16 Å². The van der Waals surface area contributed by atoms with E-state index in [1.54, 1.807) is 6.07 Å². The number of hydrogen-bond donors (Lipinski definition) is 0. The van der Waals surface area contributed by atoms with Gasteiger partial charge in [-0.05, 0) is 32.1 Å². The zero-order chi connectivity index (χ0) is 13.0. The smallest absolute Gasteiger partial charge is 0.272 e. The van der Waals surface area contributed by atoms with E-state index in [2.05, 4.69) is 9.97 Å². The first kappa shape index (κ1) is 13.3. The molecule has 0 radical (unpaired) electrons. The van der Waals surface area contributed by atoms with E-state index in [0.29, 0.717) is 10.9 Å². The van der Waals surface area contributed by atoms with Gasteiger partial charge in [0.2, 0.25) is 0 Å². The molecule has 0 atom stereocenters. The molecular formula is C13H19N3OS. The Morgan fingerprint density at radius 1 is 1.22 bits per heavy atom. The van der Waals surface area contributed by atoms with Crippen LogP contribution in [0.1, 0.15) is 41.9 Å². The molecule has 1 amide bonds. The third-order valence-electron chi connectivity index (χ3n) is 3.13. The lowest BCUT2D eigenvalue weighted by Gasteiger charge is -2.19. The molecule has 1 aromatic heterocycles. The van der Waals surface area contributed by atoms with E-state index in [-0.39, 0.29) is 5.91 Å². The van der Waals surface area contributed by atoms with Gasteiger partial charge >= 0.3 is 0 Å². The van der Waals surface area contributed by atoms with Gasteiger partial charge in [0.05, 0.1) is 0 Å². The number of carbonyl (C=O) groups excluding carboxylic acids is 1. The Morgan fingerprint density at radius 2 is 1.89 bits per heavy atom. The van der Waals surface area contributed by atoms with E-state index in [4.69, 9.17) is 0 Å². The number of amides is 1. The Hall–Kier alpha value is -1.10. The van der Waals surface area contributed by atoms with Gasteiger partial charge in [0, 0.05) is 18.8 Å². The second-order valence-electron chi connectivity index (χ2n) is 4.59. The van der Waals surface area contributed by atoms with E-state index in [1.807, 2.05) is 18.1 Å². The standard InChI is InChI=1S/C13H19N3OS/c1-10-9-11(15-13(14-10)18-2)12(17)16-7-5-3-4-6-8-16/h9H,3-8H2,1-2H3. The quantitative estimate of drug-likeness (QED) is 0.609. The topological polar surface area (TPSA) is 46.1 Å². The lowest BCUT2D eigenvalue weighted by atomic mass is 10.2. The van der Waals surface area contributed by atoms with Gasteiger partial charge in [-0.3, -0.25) is 4.79 Å². The highest BCUT2D eigenvalue weighted by Gasteiger charge is 2.19. The van der Waals surface area contributed by atoms with Crippen LogP contribution in [-0.2, 0) is 0 Å². The summed E-state index contributed by atoms with van der Waals surface area (Å²) in [5.74, 6) is 0.0534. The van der Waals surface area contributed by atoms with Crippen LogP contribution in [-0.4, -0.2) is 40.1 Å². The van der Waals surface area contributed by atoms with Crippen LogP contribution < -0.4 is 0 Å². The number of nitrogens with zero attached hydrogens (tertiary/aromatic N) is 3. The van der Waals surface area contributed by atoms with Crippen molar-refractivity contribution in [3.63, 3.8) is 0 Å². The summed E-state index contributed by atoms with van der Waals surface area (Å²) in [5, 5.41) is 0.674. The Kier molecular flexibility index (Phi) is 4.58. The van der Waals surface area contributed by atoms with Crippen LogP contribution in [0.4, 0.5) is 0 Å². The van der Waals surface area contributed by atoms with Gasteiger partial charge in [-0.1, -0.05) is 24.6 Å². The number of rotatable bonds is 2. The highest BCUT2D eigenvalue weighted by atomic mass is 32.2. The molecule has 0 bridgehead atoms. The van der Waals surface area contributed by atoms with Crippen molar-refractivity contribution in [3.8, 4) is 0 Å². The number of aromatic nitrogens is 2. The van der Waals surface area contributed by atoms with Crippen molar-refractivity contribution in [2.45, 2.75) is 37.8 Å². The first-order valence-electron chi connectivity index (χ1n) is 6.39. The summed E-state index contributed by atoms with van der Waals surface area (Å²) >= 11 is 1.47. The monoisotopic (exact) mass is 265 g/mol. The minimum Gasteiger partial charge on any atom is -0.337 e. The van der Waals surface area contributed by atoms with Crippen molar-refractivity contribution < 1.29 is 4.79 Å². The van der Waals surface area contributed by atoms with Crippen LogP contribution in [0.2, 0.25) is 0 Å². The second kappa shape index (κ2) is 6.18. The van der Waals surface area contributed by atoms with Crippen molar-refractivity contribution >= 4 is 17.7 Å². The summed E-state index contributed by atoms with van der Waals surface area (Å²) in [7, 11) is 0. The molecule has 1 aromatic rings. The van der Waals surface area contributed by atoms with Crippen LogP contribution in [0.5, 0.6) is 0 Å². The fourth-order valence-corrected chi connectivity index (χ4v) is 2.60. The molecule has 1 fully saturated rings. The van der Waals surface area contributed by atoms with Crippen molar-refractivity contribution in [2.75, 3.05) is 19.3 Å². The van der Waals surface area contributed by atoms with Gasteiger partial charge in [-0.15, -0.1) is 0 Å². The minimum absolute atomic E-state index is 0.0534. The second-order valence-corrected chi connectivity index (χ2v) is 5.36. The highest BCUT2D eigenvalue weighted by molar-refractivity contribution is 7.98. The lowest BCUT2D eigenvalue weighted by Crippen LogP contribution is -2.32. The number of hydrogen-bond acceptors (Lipinski definition) is 4. The van der Waals surface area contributed by atoms with Gasteiger partial charge in [-0.2, -0.15) is 0 Å². The molecule has 0 saturated carbocycles. The highest BCUT2D eigenvalue weighted by Crippen LogP contribution is 2.15.